The molecule has 0 saturated heterocycles. The molecule has 1 aromatic carbocycles. The minimum atomic E-state index is 0. The van der Waals surface area contributed by atoms with Crippen molar-refractivity contribution >= 4 is 35.6 Å². The second-order valence-corrected chi connectivity index (χ2v) is 5.03. The summed E-state index contributed by atoms with van der Waals surface area (Å²) in [6, 6.07) is 10.2. The number of anilines is 1. The number of nitrogens with one attached hydrogen (secondary N) is 3. The maximum Gasteiger partial charge on any atom is 0.190 e. The van der Waals surface area contributed by atoms with Gasteiger partial charge in [0.05, 0.1) is 13.2 Å². The Morgan fingerprint density at radius 1 is 0.958 bits per heavy atom. The number of benzene rings is 1. The van der Waals surface area contributed by atoms with E-state index in [1.807, 2.05) is 18.2 Å². The fourth-order valence-electron chi connectivity index (χ4n) is 1.93. The Balaban J connectivity index is 0.00000529. The Bertz CT molecular complexity index is 418. The summed E-state index contributed by atoms with van der Waals surface area (Å²) in [6.07, 6.45) is 1.97. The first-order valence-electron chi connectivity index (χ1n) is 8.17. The van der Waals surface area contributed by atoms with E-state index in [2.05, 4.69) is 33.1 Å². The topological polar surface area (TPSA) is 66.9 Å². The van der Waals surface area contributed by atoms with Gasteiger partial charge in [0.1, 0.15) is 0 Å². The molecule has 0 spiro atoms. The molecule has 24 heavy (non-hydrogen) atoms. The number of hydrogen-bond donors (Lipinski definition) is 3. The number of nitrogens with zero attached hydrogens (tertiary/aromatic N) is 1. The zero-order chi connectivity index (χ0) is 16.6. The molecule has 0 amide bonds. The highest BCUT2D eigenvalue weighted by Crippen LogP contribution is 2.03. The van der Waals surface area contributed by atoms with Crippen LogP contribution in [-0.4, -0.2) is 59.6 Å². The highest BCUT2D eigenvalue weighted by Gasteiger charge is 1.97. The summed E-state index contributed by atoms with van der Waals surface area (Å²) in [6.45, 7) is 4.68. The number of guanidine groups is 1. The molecule has 0 unspecified atom stereocenters. The van der Waals surface area contributed by atoms with Crippen LogP contribution in [0.3, 0.4) is 0 Å². The highest BCUT2D eigenvalue weighted by molar-refractivity contribution is 14.0. The lowest BCUT2D eigenvalue weighted by Crippen LogP contribution is -2.38. The number of rotatable bonds is 12. The Kier molecular flexibility index (Phi) is 16.0. The quantitative estimate of drug-likeness (QED) is 0.198. The average molecular weight is 450 g/mol. The minimum absolute atomic E-state index is 0. The third kappa shape index (κ3) is 12.4. The number of aliphatic imine (C=N–C) groups is 1. The summed E-state index contributed by atoms with van der Waals surface area (Å²) in [5.74, 6) is 0.835. The van der Waals surface area contributed by atoms with Gasteiger partial charge in [0, 0.05) is 46.1 Å². The zero-order valence-corrected chi connectivity index (χ0v) is 17.0. The van der Waals surface area contributed by atoms with E-state index in [4.69, 9.17) is 9.47 Å². The molecule has 0 saturated carbocycles. The highest BCUT2D eigenvalue weighted by atomic mass is 127. The van der Waals surface area contributed by atoms with E-state index in [1.54, 1.807) is 14.2 Å². The lowest BCUT2D eigenvalue weighted by Gasteiger charge is -2.12. The molecule has 7 heteroatoms. The molecule has 0 aliphatic rings. The molecule has 0 fully saturated rings. The third-order valence-corrected chi connectivity index (χ3v) is 3.16. The SMILES string of the molecule is CN=C(NCCCNc1ccccc1)NCCCOCCOC.I. The predicted molar refractivity (Wildman–Crippen MR) is 112 cm³/mol. The Morgan fingerprint density at radius 2 is 1.67 bits per heavy atom. The summed E-state index contributed by atoms with van der Waals surface area (Å²) < 4.78 is 10.3. The molecule has 138 valence electrons. The molecule has 6 nitrogen and oxygen atoms in total. The molecule has 0 atom stereocenters. The fourth-order valence-corrected chi connectivity index (χ4v) is 1.93. The van der Waals surface area contributed by atoms with Gasteiger partial charge >= 0.3 is 0 Å². The van der Waals surface area contributed by atoms with E-state index < -0.39 is 0 Å². The molecule has 0 aliphatic heterocycles. The van der Waals surface area contributed by atoms with E-state index in [0.29, 0.717) is 13.2 Å². The van der Waals surface area contributed by atoms with Crippen molar-refractivity contribution in [2.75, 3.05) is 58.9 Å². The maximum absolute atomic E-state index is 5.41. The maximum atomic E-state index is 5.41. The molecule has 0 aromatic heterocycles. The number of hydrogen-bond acceptors (Lipinski definition) is 4. The first-order chi connectivity index (χ1) is 11.4. The second kappa shape index (κ2) is 16.8. The lowest BCUT2D eigenvalue weighted by molar-refractivity contribution is 0.0698. The van der Waals surface area contributed by atoms with E-state index in [0.717, 1.165) is 50.7 Å². The van der Waals surface area contributed by atoms with Gasteiger partial charge in [0.15, 0.2) is 5.96 Å². The van der Waals surface area contributed by atoms with Crippen LogP contribution in [0, 0.1) is 0 Å². The third-order valence-electron chi connectivity index (χ3n) is 3.16. The van der Waals surface area contributed by atoms with Gasteiger partial charge in [-0.1, -0.05) is 18.2 Å². The van der Waals surface area contributed by atoms with Crippen LogP contribution in [0.5, 0.6) is 0 Å². The summed E-state index contributed by atoms with van der Waals surface area (Å²) in [7, 11) is 3.46. The van der Waals surface area contributed by atoms with Crippen LogP contribution in [0.15, 0.2) is 35.3 Å². The van der Waals surface area contributed by atoms with Crippen LogP contribution < -0.4 is 16.0 Å². The van der Waals surface area contributed by atoms with E-state index in [1.165, 1.54) is 0 Å². The molecular formula is C17H31IN4O2. The monoisotopic (exact) mass is 450 g/mol. The van der Waals surface area contributed by atoms with Gasteiger partial charge in [-0.2, -0.15) is 0 Å². The molecule has 0 bridgehead atoms. The lowest BCUT2D eigenvalue weighted by atomic mass is 10.3. The predicted octanol–water partition coefficient (Wildman–Crippen LogP) is 2.32. The van der Waals surface area contributed by atoms with Gasteiger partial charge in [0.25, 0.3) is 0 Å². The number of ether oxygens (including phenoxy) is 2. The number of para-hydroxylation sites is 1. The van der Waals surface area contributed by atoms with Gasteiger partial charge in [-0.15, -0.1) is 24.0 Å². The van der Waals surface area contributed by atoms with Gasteiger partial charge in [-0.3, -0.25) is 4.99 Å². The fraction of sp³-hybridized carbons (Fsp3) is 0.588. The normalized spacial score (nSPS) is 10.8. The van der Waals surface area contributed by atoms with Gasteiger partial charge in [-0.25, -0.2) is 0 Å². The first kappa shape index (κ1) is 22.9. The minimum Gasteiger partial charge on any atom is -0.385 e. The van der Waals surface area contributed by atoms with Crippen LogP contribution >= 0.6 is 24.0 Å². The van der Waals surface area contributed by atoms with E-state index >= 15 is 0 Å². The molecule has 3 N–H and O–H groups in total. The van der Waals surface area contributed by atoms with Crippen molar-refractivity contribution in [1.29, 1.82) is 0 Å². The Hall–Kier alpha value is -1.06. The van der Waals surface area contributed by atoms with Crippen LogP contribution in [-0.2, 0) is 9.47 Å². The van der Waals surface area contributed by atoms with E-state index in [-0.39, 0.29) is 24.0 Å². The van der Waals surface area contributed by atoms with Crippen molar-refractivity contribution in [2.45, 2.75) is 12.8 Å². The zero-order valence-electron chi connectivity index (χ0n) is 14.7. The first-order valence-corrected chi connectivity index (χ1v) is 8.17. The van der Waals surface area contributed by atoms with Crippen molar-refractivity contribution in [3.05, 3.63) is 30.3 Å². The Labute approximate surface area is 162 Å². The molecular weight excluding hydrogens is 419 g/mol. The van der Waals surface area contributed by atoms with Crippen LogP contribution in [0.25, 0.3) is 0 Å². The number of methoxy groups -OCH3 is 1. The average Bonchev–Trinajstić information content (AvgIpc) is 2.59. The van der Waals surface area contributed by atoms with Crippen molar-refractivity contribution in [3.63, 3.8) is 0 Å². The Morgan fingerprint density at radius 3 is 2.33 bits per heavy atom. The summed E-state index contributed by atoms with van der Waals surface area (Å²) in [4.78, 5) is 4.20. The van der Waals surface area contributed by atoms with Crippen LogP contribution in [0.2, 0.25) is 0 Å². The standard InChI is InChI=1S/C17H30N4O2.HI/c1-18-17(21-12-7-13-23-15-14-22-2)20-11-6-10-19-16-8-4-3-5-9-16;/h3-5,8-9,19H,6-7,10-15H2,1-2H3,(H2,18,20,21);1H. The molecule has 0 radical (unpaired) electrons. The van der Waals surface area contributed by atoms with Crippen molar-refractivity contribution in [3.8, 4) is 0 Å². The van der Waals surface area contributed by atoms with E-state index in [9.17, 15) is 0 Å². The second-order valence-electron chi connectivity index (χ2n) is 5.03. The largest absolute Gasteiger partial charge is 0.385 e. The van der Waals surface area contributed by atoms with Crippen LogP contribution in [0.1, 0.15) is 12.8 Å². The van der Waals surface area contributed by atoms with Gasteiger partial charge in [-0.05, 0) is 25.0 Å². The van der Waals surface area contributed by atoms with Crippen molar-refractivity contribution in [1.82, 2.24) is 10.6 Å². The molecule has 1 rings (SSSR count). The van der Waals surface area contributed by atoms with Crippen molar-refractivity contribution < 1.29 is 9.47 Å². The summed E-state index contributed by atoms with van der Waals surface area (Å²) in [5.41, 5.74) is 1.16. The van der Waals surface area contributed by atoms with Gasteiger partial charge in [0.2, 0.25) is 0 Å². The smallest absolute Gasteiger partial charge is 0.190 e. The summed E-state index contributed by atoms with van der Waals surface area (Å²) >= 11 is 0. The number of halogens is 1. The molecule has 1 aromatic rings. The van der Waals surface area contributed by atoms with Gasteiger partial charge < -0.3 is 25.4 Å². The molecule has 0 aliphatic carbocycles. The summed E-state index contributed by atoms with van der Waals surface area (Å²) in [5, 5.41) is 9.97. The van der Waals surface area contributed by atoms with Crippen LogP contribution in [0.4, 0.5) is 5.69 Å². The molecule has 0 heterocycles. The van der Waals surface area contributed by atoms with Crippen molar-refractivity contribution in [2.24, 2.45) is 4.99 Å².